The quantitative estimate of drug-likeness (QED) is 0.447. The molecule has 0 saturated heterocycles. The van der Waals surface area contributed by atoms with Crippen LogP contribution in [-0.2, 0) is 4.74 Å². The Bertz CT molecular complexity index is 543. The van der Waals surface area contributed by atoms with Crippen molar-refractivity contribution in [1.82, 2.24) is 5.32 Å². The number of rotatable bonds is 4. The highest BCUT2D eigenvalue weighted by atomic mass is 16.6. The van der Waals surface area contributed by atoms with Gasteiger partial charge in [-0.2, -0.15) is 0 Å². The lowest BCUT2D eigenvalue weighted by Gasteiger charge is -2.19. The lowest BCUT2D eigenvalue weighted by atomic mass is 10.1. The number of alkyl carbamates (subject to hydrolysis) is 1. The van der Waals surface area contributed by atoms with Gasteiger partial charge in [-0.1, -0.05) is 17.3 Å². The molecule has 7 nitrogen and oxygen atoms in total. The van der Waals surface area contributed by atoms with Crippen molar-refractivity contribution in [1.29, 1.82) is 0 Å². The fourth-order valence-corrected chi connectivity index (χ4v) is 1.47. The van der Waals surface area contributed by atoms with Crippen LogP contribution in [0.5, 0.6) is 0 Å². The van der Waals surface area contributed by atoms with E-state index >= 15 is 0 Å². The highest BCUT2D eigenvalue weighted by Crippen LogP contribution is 2.08. The molecular formula is C14H18N2O5. The molecule has 0 bridgehead atoms. The van der Waals surface area contributed by atoms with E-state index in [2.05, 4.69) is 10.5 Å². The molecule has 0 atom stereocenters. The molecule has 1 aromatic carbocycles. The fourth-order valence-electron chi connectivity index (χ4n) is 1.47. The number of carbonyl (C=O) groups is 2. The first-order valence-corrected chi connectivity index (χ1v) is 6.24. The van der Waals surface area contributed by atoms with E-state index in [0.29, 0.717) is 5.56 Å². The SMILES string of the molecule is CC(C)(C)OC(=O)NC/C(=N\O)c1ccc(C(=O)O)cc1. The van der Waals surface area contributed by atoms with Gasteiger partial charge in [0.05, 0.1) is 12.1 Å². The third-order valence-corrected chi connectivity index (χ3v) is 2.38. The first kappa shape index (κ1) is 16.5. The van der Waals surface area contributed by atoms with Crippen LogP contribution in [0.2, 0.25) is 0 Å². The van der Waals surface area contributed by atoms with Crippen molar-refractivity contribution in [2.75, 3.05) is 6.54 Å². The van der Waals surface area contributed by atoms with Crippen molar-refractivity contribution in [3.8, 4) is 0 Å². The number of nitrogens with one attached hydrogen (secondary N) is 1. The minimum Gasteiger partial charge on any atom is -0.478 e. The molecule has 3 N–H and O–H groups in total. The molecule has 0 radical (unpaired) electrons. The smallest absolute Gasteiger partial charge is 0.407 e. The Morgan fingerprint density at radius 2 is 1.71 bits per heavy atom. The summed E-state index contributed by atoms with van der Waals surface area (Å²) < 4.78 is 5.05. The van der Waals surface area contributed by atoms with Crippen LogP contribution in [0, 0.1) is 0 Å². The second-order valence-electron chi connectivity index (χ2n) is 5.28. The average Bonchev–Trinajstić information content (AvgIpc) is 2.38. The molecule has 0 fully saturated rings. The number of hydrogen-bond donors (Lipinski definition) is 3. The molecule has 0 aliphatic heterocycles. The molecule has 1 amide bonds. The molecule has 7 heteroatoms. The Kier molecular flexibility index (Phi) is 5.29. The minimum atomic E-state index is -1.05. The van der Waals surface area contributed by atoms with Crippen LogP contribution < -0.4 is 5.32 Å². The van der Waals surface area contributed by atoms with Crippen LogP contribution in [0.15, 0.2) is 29.4 Å². The van der Waals surface area contributed by atoms with Gasteiger partial charge in [-0.15, -0.1) is 0 Å². The summed E-state index contributed by atoms with van der Waals surface area (Å²) in [7, 11) is 0. The van der Waals surface area contributed by atoms with Crippen LogP contribution in [0.1, 0.15) is 36.7 Å². The summed E-state index contributed by atoms with van der Waals surface area (Å²) >= 11 is 0. The van der Waals surface area contributed by atoms with E-state index in [4.69, 9.17) is 15.1 Å². The van der Waals surface area contributed by atoms with Crippen LogP contribution >= 0.6 is 0 Å². The van der Waals surface area contributed by atoms with Gasteiger partial charge in [0, 0.05) is 5.56 Å². The summed E-state index contributed by atoms with van der Waals surface area (Å²) in [5, 5.41) is 23.3. The van der Waals surface area contributed by atoms with E-state index in [9.17, 15) is 9.59 Å². The summed E-state index contributed by atoms with van der Waals surface area (Å²) in [4.78, 5) is 22.3. The molecule has 21 heavy (non-hydrogen) atoms. The largest absolute Gasteiger partial charge is 0.478 e. The summed E-state index contributed by atoms with van der Waals surface area (Å²) in [6.45, 7) is 5.16. The summed E-state index contributed by atoms with van der Waals surface area (Å²) in [5.74, 6) is -1.05. The molecule has 0 aromatic heterocycles. The van der Waals surface area contributed by atoms with E-state index in [1.165, 1.54) is 24.3 Å². The number of carbonyl (C=O) groups excluding carboxylic acids is 1. The summed E-state index contributed by atoms with van der Waals surface area (Å²) in [6, 6.07) is 5.76. The summed E-state index contributed by atoms with van der Waals surface area (Å²) in [5.41, 5.74) is 0.191. The van der Waals surface area contributed by atoms with Gasteiger partial charge in [0.25, 0.3) is 0 Å². The number of benzene rings is 1. The number of nitrogens with zero attached hydrogens (tertiary/aromatic N) is 1. The molecule has 1 aromatic rings. The van der Waals surface area contributed by atoms with Crippen molar-refractivity contribution in [2.45, 2.75) is 26.4 Å². The third-order valence-electron chi connectivity index (χ3n) is 2.38. The molecule has 0 heterocycles. The second kappa shape index (κ2) is 6.74. The Hall–Kier alpha value is -2.57. The van der Waals surface area contributed by atoms with Crippen molar-refractivity contribution in [2.24, 2.45) is 5.16 Å². The average molecular weight is 294 g/mol. The van der Waals surface area contributed by atoms with Crippen molar-refractivity contribution < 1.29 is 24.6 Å². The maximum absolute atomic E-state index is 11.5. The lowest BCUT2D eigenvalue weighted by molar-refractivity contribution is 0.0535. The monoisotopic (exact) mass is 294 g/mol. The van der Waals surface area contributed by atoms with Crippen LogP contribution in [-0.4, -0.2) is 40.2 Å². The number of amides is 1. The molecule has 0 aliphatic rings. The molecule has 0 saturated carbocycles. The summed E-state index contributed by atoms with van der Waals surface area (Å²) in [6.07, 6.45) is -0.634. The van der Waals surface area contributed by atoms with Gasteiger partial charge in [0.15, 0.2) is 0 Å². The lowest BCUT2D eigenvalue weighted by Crippen LogP contribution is -2.35. The van der Waals surface area contributed by atoms with Gasteiger partial charge in [-0.3, -0.25) is 0 Å². The highest BCUT2D eigenvalue weighted by Gasteiger charge is 2.16. The highest BCUT2D eigenvalue weighted by molar-refractivity contribution is 6.03. The second-order valence-corrected chi connectivity index (χ2v) is 5.28. The molecule has 0 spiro atoms. The molecule has 0 aliphatic carbocycles. The minimum absolute atomic E-state index is 0.0438. The molecular weight excluding hydrogens is 276 g/mol. The normalized spacial score (nSPS) is 11.9. The number of ether oxygens (including phenoxy) is 1. The van der Waals surface area contributed by atoms with Gasteiger partial charge in [-0.05, 0) is 32.9 Å². The number of hydrogen-bond acceptors (Lipinski definition) is 5. The molecule has 114 valence electrons. The Morgan fingerprint density at radius 1 is 1.19 bits per heavy atom. The predicted octanol–water partition coefficient (Wildman–Crippen LogP) is 2.09. The zero-order valence-electron chi connectivity index (χ0n) is 12.1. The van der Waals surface area contributed by atoms with Crippen LogP contribution in [0.3, 0.4) is 0 Å². The van der Waals surface area contributed by atoms with Crippen molar-refractivity contribution in [3.05, 3.63) is 35.4 Å². The number of oxime groups is 1. The van der Waals surface area contributed by atoms with E-state index in [1.807, 2.05) is 0 Å². The molecule has 1 rings (SSSR count). The maximum Gasteiger partial charge on any atom is 0.407 e. The number of aromatic carboxylic acids is 1. The predicted molar refractivity (Wildman–Crippen MR) is 76.0 cm³/mol. The first-order chi connectivity index (χ1) is 9.73. The zero-order valence-corrected chi connectivity index (χ0v) is 12.1. The first-order valence-electron chi connectivity index (χ1n) is 6.24. The Morgan fingerprint density at radius 3 is 2.14 bits per heavy atom. The van der Waals surface area contributed by atoms with Gasteiger partial charge >= 0.3 is 12.1 Å². The Balaban J connectivity index is 2.68. The maximum atomic E-state index is 11.5. The van der Waals surface area contributed by atoms with Crippen molar-refractivity contribution >= 4 is 17.8 Å². The topological polar surface area (TPSA) is 108 Å². The van der Waals surface area contributed by atoms with Gasteiger partial charge in [0.2, 0.25) is 0 Å². The van der Waals surface area contributed by atoms with E-state index in [0.717, 1.165) is 0 Å². The fraction of sp³-hybridized carbons (Fsp3) is 0.357. The van der Waals surface area contributed by atoms with Gasteiger partial charge in [-0.25, -0.2) is 9.59 Å². The van der Waals surface area contributed by atoms with Crippen LogP contribution in [0.25, 0.3) is 0 Å². The standard InChI is InChI=1S/C14H18N2O5/c1-14(2,3)21-13(19)15-8-11(16-20)9-4-6-10(7-5-9)12(17)18/h4-7,20H,8H2,1-3H3,(H,15,19)(H,17,18)/b16-11+. The zero-order chi connectivity index (χ0) is 16.0. The number of carboxylic acid groups (broad SMARTS) is 1. The Labute approximate surface area is 122 Å². The number of carboxylic acids is 1. The van der Waals surface area contributed by atoms with Gasteiger partial charge < -0.3 is 20.4 Å². The van der Waals surface area contributed by atoms with Crippen molar-refractivity contribution in [3.63, 3.8) is 0 Å². The van der Waals surface area contributed by atoms with E-state index < -0.39 is 17.7 Å². The van der Waals surface area contributed by atoms with E-state index in [1.54, 1.807) is 20.8 Å². The molecule has 0 unspecified atom stereocenters. The van der Waals surface area contributed by atoms with Gasteiger partial charge in [0.1, 0.15) is 11.3 Å². The van der Waals surface area contributed by atoms with Crippen LogP contribution in [0.4, 0.5) is 4.79 Å². The van der Waals surface area contributed by atoms with E-state index in [-0.39, 0.29) is 17.8 Å². The third kappa shape index (κ3) is 5.52.